The van der Waals surface area contributed by atoms with Crippen molar-refractivity contribution >= 4 is 12.1 Å². The topological polar surface area (TPSA) is 65.1 Å². The molecule has 0 spiro atoms. The van der Waals surface area contributed by atoms with Crippen molar-refractivity contribution in [1.29, 1.82) is 0 Å². The highest BCUT2D eigenvalue weighted by Gasteiger charge is 2.32. The zero-order valence-electron chi connectivity index (χ0n) is 20.1. The number of hydrogen-bond donors (Lipinski definition) is 0. The van der Waals surface area contributed by atoms with Crippen LogP contribution >= 0.6 is 0 Å². The van der Waals surface area contributed by atoms with Gasteiger partial charge in [-0.3, -0.25) is 0 Å². The van der Waals surface area contributed by atoms with Crippen molar-refractivity contribution < 1.29 is 28.2 Å². The van der Waals surface area contributed by atoms with Crippen molar-refractivity contribution in [3.63, 3.8) is 0 Å². The number of benzene rings is 1. The summed E-state index contributed by atoms with van der Waals surface area (Å²) in [6, 6.07) is 2.89. The summed E-state index contributed by atoms with van der Waals surface area (Å²) in [7, 11) is 0. The molecule has 0 unspecified atom stereocenters. The highest BCUT2D eigenvalue weighted by Crippen LogP contribution is 2.45. The van der Waals surface area contributed by atoms with Crippen LogP contribution < -0.4 is 4.74 Å². The summed E-state index contributed by atoms with van der Waals surface area (Å²) in [6.45, 7) is 12.4. The molecule has 1 amide bonds. The van der Waals surface area contributed by atoms with E-state index in [9.17, 15) is 14.0 Å². The van der Waals surface area contributed by atoms with Crippen LogP contribution in [0.25, 0.3) is 0 Å². The highest BCUT2D eigenvalue weighted by atomic mass is 19.1. The Morgan fingerprint density at radius 3 is 2.28 bits per heavy atom. The normalized spacial score (nSPS) is 19.5. The highest BCUT2D eigenvalue weighted by molar-refractivity contribution is 5.90. The van der Waals surface area contributed by atoms with Gasteiger partial charge in [0.25, 0.3) is 0 Å². The number of halogens is 1. The van der Waals surface area contributed by atoms with Gasteiger partial charge in [0, 0.05) is 25.1 Å². The van der Waals surface area contributed by atoms with E-state index >= 15 is 0 Å². The van der Waals surface area contributed by atoms with Gasteiger partial charge < -0.3 is 19.1 Å². The predicted octanol–water partition coefficient (Wildman–Crippen LogP) is 5.68. The molecule has 0 radical (unpaired) electrons. The molecule has 1 aromatic rings. The van der Waals surface area contributed by atoms with Crippen LogP contribution in [-0.4, -0.2) is 47.9 Å². The summed E-state index contributed by atoms with van der Waals surface area (Å²) in [5.74, 6) is -0.415. The number of nitrogens with zero attached hydrogens (tertiary/aromatic N) is 1. The van der Waals surface area contributed by atoms with E-state index in [0.29, 0.717) is 25.4 Å². The maximum absolute atomic E-state index is 14.8. The number of piperidine rings is 1. The molecule has 2 aliphatic rings. The second-order valence-corrected chi connectivity index (χ2v) is 10.9. The molecule has 1 aliphatic heterocycles. The Morgan fingerprint density at radius 1 is 1.03 bits per heavy atom. The lowest BCUT2D eigenvalue weighted by atomic mass is 9.99. The fraction of sp³-hybridized carbons (Fsp3) is 0.680. The number of carbonyl (C=O) groups is 2. The first-order valence-electron chi connectivity index (χ1n) is 11.5. The van der Waals surface area contributed by atoms with E-state index in [4.69, 9.17) is 14.2 Å². The molecule has 3 rings (SSSR count). The first kappa shape index (κ1) is 24.3. The van der Waals surface area contributed by atoms with Gasteiger partial charge in [-0.25, -0.2) is 14.0 Å². The number of esters is 1. The van der Waals surface area contributed by atoms with E-state index in [2.05, 4.69) is 0 Å². The van der Waals surface area contributed by atoms with Gasteiger partial charge in [0.2, 0.25) is 0 Å². The Labute approximate surface area is 190 Å². The molecule has 0 bridgehead atoms. The molecule has 1 saturated heterocycles. The first-order valence-corrected chi connectivity index (χ1v) is 11.5. The Kier molecular flexibility index (Phi) is 7.06. The van der Waals surface area contributed by atoms with Gasteiger partial charge in [-0.2, -0.15) is 0 Å². The van der Waals surface area contributed by atoms with Crippen LogP contribution in [0.5, 0.6) is 5.75 Å². The zero-order valence-corrected chi connectivity index (χ0v) is 20.1. The molecule has 1 atom stereocenters. The van der Waals surface area contributed by atoms with E-state index in [1.54, 1.807) is 31.7 Å². The van der Waals surface area contributed by atoms with Crippen molar-refractivity contribution in [3.8, 4) is 5.75 Å². The Hall–Kier alpha value is -2.31. The Balaban J connectivity index is 1.67. The summed E-state index contributed by atoms with van der Waals surface area (Å²) in [5.41, 5.74) is -0.429. The van der Waals surface area contributed by atoms with Gasteiger partial charge in [-0.05, 0) is 84.8 Å². The van der Waals surface area contributed by atoms with Gasteiger partial charge in [-0.15, -0.1) is 0 Å². The number of amides is 1. The van der Waals surface area contributed by atoms with Crippen LogP contribution in [0.15, 0.2) is 12.1 Å². The van der Waals surface area contributed by atoms with E-state index < -0.39 is 23.0 Å². The average molecular weight is 450 g/mol. The minimum Gasteiger partial charge on any atom is -0.493 e. The van der Waals surface area contributed by atoms with Crippen LogP contribution in [0.3, 0.4) is 0 Å². The van der Waals surface area contributed by atoms with Crippen LogP contribution in [0.2, 0.25) is 0 Å². The van der Waals surface area contributed by atoms with Crippen molar-refractivity contribution in [2.75, 3.05) is 19.7 Å². The quantitative estimate of drug-likeness (QED) is 0.541. The molecule has 6 nitrogen and oxygen atoms in total. The van der Waals surface area contributed by atoms with Crippen molar-refractivity contribution in [2.45, 2.75) is 84.3 Å². The fourth-order valence-corrected chi connectivity index (χ4v) is 3.80. The van der Waals surface area contributed by atoms with Crippen LogP contribution in [-0.2, 0) is 9.47 Å². The van der Waals surface area contributed by atoms with Crippen LogP contribution in [0.1, 0.15) is 89.1 Å². The lowest BCUT2D eigenvalue weighted by Crippen LogP contribution is -2.44. The summed E-state index contributed by atoms with van der Waals surface area (Å²) < 4.78 is 31.7. The van der Waals surface area contributed by atoms with Crippen LogP contribution in [0, 0.1) is 11.7 Å². The zero-order chi connectivity index (χ0) is 23.7. The standard InChI is InChI=1S/C25H36FNO5/c1-24(2,3)31-22(28)19-12-18(17-9-10-17)21(13-20(19)26)30-15-16-8-7-11-27(14-16)23(29)32-25(4,5)6/h12-13,16-17H,7-11,14-15H2,1-6H3/t16-/m0/s1. The largest absolute Gasteiger partial charge is 0.493 e. The van der Waals surface area contributed by atoms with Crippen molar-refractivity contribution in [3.05, 3.63) is 29.1 Å². The number of carbonyl (C=O) groups excluding carboxylic acids is 2. The van der Waals surface area contributed by atoms with E-state index in [1.165, 1.54) is 6.07 Å². The molecule has 0 N–H and O–H groups in total. The van der Waals surface area contributed by atoms with Crippen molar-refractivity contribution in [1.82, 2.24) is 4.90 Å². The van der Waals surface area contributed by atoms with Gasteiger partial charge in [0.1, 0.15) is 22.8 Å². The number of ether oxygens (including phenoxy) is 3. The number of rotatable bonds is 5. The summed E-state index contributed by atoms with van der Waals surface area (Å²) >= 11 is 0. The molecule has 0 aromatic heterocycles. The molecular weight excluding hydrogens is 413 g/mol. The SMILES string of the molecule is CC(C)(C)OC(=O)c1cc(C2CC2)c(OC[C@H]2CCCN(C(=O)OC(C)(C)C)C2)cc1F. The minimum absolute atomic E-state index is 0.0528. The first-order chi connectivity index (χ1) is 14.8. The molecule has 1 heterocycles. The summed E-state index contributed by atoms with van der Waals surface area (Å²) in [6.07, 6.45) is 3.47. The molecule has 32 heavy (non-hydrogen) atoms. The Morgan fingerprint density at radius 2 is 1.69 bits per heavy atom. The third kappa shape index (κ3) is 6.84. The smallest absolute Gasteiger partial charge is 0.410 e. The van der Waals surface area contributed by atoms with Gasteiger partial charge in [0.15, 0.2) is 0 Å². The molecule has 178 valence electrons. The lowest BCUT2D eigenvalue weighted by Gasteiger charge is -2.34. The van der Waals surface area contributed by atoms with Gasteiger partial charge >= 0.3 is 12.1 Å². The molecule has 1 aromatic carbocycles. The second kappa shape index (κ2) is 9.28. The molecule has 7 heteroatoms. The number of hydrogen-bond acceptors (Lipinski definition) is 5. The molecular formula is C25H36FNO5. The molecule has 1 aliphatic carbocycles. The minimum atomic E-state index is -0.695. The molecule has 2 fully saturated rings. The van der Waals surface area contributed by atoms with Gasteiger partial charge in [-0.1, -0.05) is 0 Å². The Bertz CT molecular complexity index is 851. The molecule has 1 saturated carbocycles. The van der Waals surface area contributed by atoms with E-state index in [0.717, 1.165) is 31.2 Å². The maximum Gasteiger partial charge on any atom is 0.410 e. The van der Waals surface area contributed by atoms with E-state index in [1.807, 2.05) is 20.8 Å². The van der Waals surface area contributed by atoms with Crippen molar-refractivity contribution in [2.24, 2.45) is 5.92 Å². The second-order valence-electron chi connectivity index (χ2n) is 10.9. The summed E-state index contributed by atoms with van der Waals surface area (Å²) in [4.78, 5) is 26.6. The summed E-state index contributed by atoms with van der Waals surface area (Å²) in [5, 5.41) is 0. The maximum atomic E-state index is 14.8. The van der Waals surface area contributed by atoms with Gasteiger partial charge in [0.05, 0.1) is 12.2 Å². The third-order valence-electron chi connectivity index (χ3n) is 5.38. The van der Waals surface area contributed by atoms with E-state index in [-0.39, 0.29) is 23.5 Å². The van der Waals surface area contributed by atoms with Crippen LogP contribution in [0.4, 0.5) is 9.18 Å². The third-order valence-corrected chi connectivity index (χ3v) is 5.38. The predicted molar refractivity (Wildman–Crippen MR) is 120 cm³/mol. The monoisotopic (exact) mass is 449 g/mol. The fourth-order valence-electron chi connectivity index (χ4n) is 3.80. The lowest BCUT2D eigenvalue weighted by molar-refractivity contribution is 0.00635. The average Bonchev–Trinajstić information content (AvgIpc) is 3.49. The number of likely N-dealkylation sites (tertiary alicyclic amines) is 1.